The summed E-state index contributed by atoms with van der Waals surface area (Å²) in [5.41, 5.74) is -1.31. The van der Waals surface area contributed by atoms with Gasteiger partial charge >= 0.3 is 18.2 Å². The van der Waals surface area contributed by atoms with E-state index in [-0.39, 0.29) is 25.5 Å². The van der Waals surface area contributed by atoms with Gasteiger partial charge in [0, 0.05) is 13.1 Å². The van der Waals surface area contributed by atoms with Crippen LogP contribution in [0.25, 0.3) is 0 Å². The molecule has 0 aliphatic heterocycles. The topological polar surface area (TPSA) is 123 Å². The van der Waals surface area contributed by atoms with Crippen molar-refractivity contribution >= 4 is 30.6 Å². The minimum Gasteiger partial charge on any atom is -0.480 e. The molecule has 0 rings (SSSR count). The molecule has 0 unspecified atom stereocenters. The largest absolute Gasteiger partial charge is 0.480 e. The number of nitrogens with one attached hydrogen (secondary N) is 2. The fraction of sp³-hybridized carbons (Fsp3) is 0.800. The first-order valence-electron chi connectivity index (χ1n) is 7.55. The summed E-state index contributed by atoms with van der Waals surface area (Å²) in [7, 11) is 0. The first kappa shape index (κ1) is 25.5. The highest BCUT2D eigenvalue weighted by molar-refractivity contribution is 5.85. The van der Waals surface area contributed by atoms with E-state index in [0.29, 0.717) is 0 Å². The molecular formula is C15H29ClN2O7. The zero-order valence-corrected chi connectivity index (χ0v) is 16.3. The maximum absolute atomic E-state index is 11.6. The number of hydrogen-bond acceptors (Lipinski definition) is 6. The number of carboxylic acids is 1. The monoisotopic (exact) mass is 384 g/mol. The van der Waals surface area contributed by atoms with Crippen molar-refractivity contribution in [1.82, 2.24) is 10.6 Å². The average Bonchev–Trinajstić information content (AvgIpc) is 2.33. The Morgan fingerprint density at radius 3 is 1.52 bits per heavy atom. The lowest BCUT2D eigenvalue weighted by atomic mass is 10.2. The number of halogens is 1. The van der Waals surface area contributed by atoms with Gasteiger partial charge in [0.25, 0.3) is 0 Å². The molecule has 0 aliphatic rings. The van der Waals surface area contributed by atoms with E-state index in [1.165, 1.54) is 0 Å². The predicted octanol–water partition coefficient (Wildman–Crippen LogP) is 1.93. The van der Waals surface area contributed by atoms with Crippen molar-refractivity contribution in [2.75, 3.05) is 19.7 Å². The van der Waals surface area contributed by atoms with Crippen molar-refractivity contribution in [3.05, 3.63) is 0 Å². The van der Waals surface area contributed by atoms with Crippen LogP contribution in [0, 0.1) is 0 Å². The molecule has 25 heavy (non-hydrogen) atoms. The van der Waals surface area contributed by atoms with Gasteiger partial charge in [0.05, 0.1) is 6.10 Å². The maximum Gasteiger partial charge on any atom is 0.407 e. The van der Waals surface area contributed by atoms with E-state index >= 15 is 0 Å². The number of ether oxygens (including phenoxy) is 3. The molecule has 0 atom stereocenters. The summed E-state index contributed by atoms with van der Waals surface area (Å²) in [6, 6.07) is 0. The molecule has 9 nitrogen and oxygen atoms in total. The van der Waals surface area contributed by atoms with Gasteiger partial charge in [-0.1, -0.05) is 0 Å². The Morgan fingerprint density at radius 2 is 1.24 bits per heavy atom. The summed E-state index contributed by atoms with van der Waals surface area (Å²) < 4.78 is 15.3. The lowest BCUT2D eigenvalue weighted by Crippen LogP contribution is -2.44. The van der Waals surface area contributed by atoms with Crippen molar-refractivity contribution in [2.45, 2.75) is 58.8 Å². The van der Waals surface area contributed by atoms with Crippen LogP contribution in [-0.2, 0) is 19.0 Å². The number of amides is 2. The van der Waals surface area contributed by atoms with Gasteiger partial charge in [-0.25, -0.2) is 14.4 Å². The minimum absolute atomic E-state index is 0. The third-order valence-electron chi connectivity index (χ3n) is 2.19. The van der Waals surface area contributed by atoms with Crippen LogP contribution in [0.15, 0.2) is 0 Å². The van der Waals surface area contributed by atoms with Crippen molar-refractivity contribution in [3.8, 4) is 0 Å². The molecule has 0 saturated carbocycles. The van der Waals surface area contributed by atoms with E-state index in [0.717, 1.165) is 0 Å². The molecule has 0 fully saturated rings. The fourth-order valence-corrected chi connectivity index (χ4v) is 1.40. The van der Waals surface area contributed by atoms with Crippen molar-refractivity contribution in [3.63, 3.8) is 0 Å². The lowest BCUT2D eigenvalue weighted by Gasteiger charge is -2.23. The van der Waals surface area contributed by atoms with Gasteiger partial charge in [-0.15, -0.1) is 12.4 Å². The van der Waals surface area contributed by atoms with Crippen molar-refractivity contribution in [2.24, 2.45) is 0 Å². The van der Waals surface area contributed by atoms with Crippen LogP contribution in [0.3, 0.4) is 0 Å². The second-order valence-electron chi connectivity index (χ2n) is 7.09. The van der Waals surface area contributed by atoms with Crippen LogP contribution in [0.4, 0.5) is 9.59 Å². The van der Waals surface area contributed by atoms with Crippen LogP contribution in [-0.4, -0.2) is 60.3 Å². The Labute approximate surface area is 154 Å². The van der Waals surface area contributed by atoms with Crippen LogP contribution < -0.4 is 10.6 Å². The molecule has 0 spiro atoms. The second-order valence-corrected chi connectivity index (χ2v) is 7.09. The summed E-state index contributed by atoms with van der Waals surface area (Å²) >= 11 is 0. The minimum atomic E-state index is -1.16. The third-order valence-corrected chi connectivity index (χ3v) is 2.19. The van der Waals surface area contributed by atoms with E-state index < -0.39 is 42.1 Å². The predicted molar refractivity (Wildman–Crippen MR) is 93.1 cm³/mol. The second kappa shape index (κ2) is 11.0. The van der Waals surface area contributed by atoms with Crippen molar-refractivity contribution < 1.29 is 33.7 Å². The summed E-state index contributed by atoms with van der Waals surface area (Å²) in [5, 5.41) is 13.6. The van der Waals surface area contributed by atoms with Crippen LogP contribution >= 0.6 is 12.4 Å². The molecule has 0 bridgehead atoms. The highest BCUT2D eigenvalue weighted by Crippen LogP contribution is 2.07. The number of carboxylic acid groups (broad SMARTS) is 1. The smallest absolute Gasteiger partial charge is 0.407 e. The van der Waals surface area contributed by atoms with E-state index in [9.17, 15) is 14.4 Å². The first-order chi connectivity index (χ1) is 10.8. The van der Waals surface area contributed by atoms with Gasteiger partial charge in [-0.2, -0.15) is 0 Å². The summed E-state index contributed by atoms with van der Waals surface area (Å²) in [6.45, 7) is 9.69. The summed E-state index contributed by atoms with van der Waals surface area (Å²) in [5.74, 6) is -1.16. The third kappa shape index (κ3) is 16.9. The van der Waals surface area contributed by atoms with Gasteiger partial charge < -0.3 is 30.0 Å². The number of carbonyl (C=O) groups is 3. The van der Waals surface area contributed by atoms with Gasteiger partial charge in [0.1, 0.15) is 17.8 Å². The summed E-state index contributed by atoms with van der Waals surface area (Å²) in [4.78, 5) is 33.8. The highest BCUT2D eigenvalue weighted by atomic mass is 35.5. The molecular weight excluding hydrogens is 356 g/mol. The molecule has 0 saturated heterocycles. The number of alkyl carbamates (subject to hydrolysis) is 2. The Morgan fingerprint density at radius 1 is 0.880 bits per heavy atom. The van der Waals surface area contributed by atoms with Crippen LogP contribution in [0.2, 0.25) is 0 Å². The molecule has 3 N–H and O–H groups in total. The van der Waals surface area contributed by atoms with E-state index in [2.05, 4.69) is 10.6 Å². The fourth-order valence-electron chi connectivity index (χ4n) is 1.40. The Balaban J connectivity index is 0. The molecule has 0 heterocycles. The molecule has 0 radical (unpaired) electrons. The van der Waals surface area contributed by atoms with Crippen LogP contribution in [0.1, 0.15) is 41.5 Å². The molecule has 2 amide bonds. The Bertz CT molecular complexity index is 412. The maximum atomic E-state index is 11.6. The van der Waals surface area contributed by atoms with E-state index in [1.54, 1.807) is 41.5 Å². The molecule has 0 aromatic heterocycles. The normalized spacial score (nSPS) is 11.3. The van der Waals surface area contributed by atoms with E-state index in [4.69, 9.17) is 19.3 Å². The number of hydrogen-bond donors (Lipinski definition) is 3. The lowest BCUT2D eigenvalue weighted by molar-refractivity contribution is -0.144. The first-order valence-corrected chi connectivity index (χ1v) is 7.55. The molecule has 0 aromatic rings. The SMILES string of the molecule is CC(C)(C)OC(=O)NCC(CNC(=O)OC(C)(C)C)OCC(=O)O.Cl. The quantitative estimate of drug-likeness (QED) is 0.612. The standard InChI is InChI=1S/C15H28N2O7.ClH/c1-14(2,3)23-12(20)16-7-10(22-9-11(18)19)8-17-13(21)24-15(4,5)6;/h10H,7-9H2,1-6H3,(H,16,20)(H,17,21)(H,18,19);1H. The Hall–Kier alpha value is -1.74. The molecule has 10 heteroatoms. The molecule has 148 valence electrons. The van der Waals surface area contributed by atoms with Crippen molar-refractivity contribution in [1.29, 1.82) is 0 Å². The summed E-state index contributed by atoms with van der Waals surface area (Å²) in [6.07, 6.45) is -2.08. The van der Waals surface area contributed by atoms with Gasteiger partial charge in [-0.05, 0) is 41.5 Å². The number of rotatable bonds is 7. The average molecular weight is 385 g/mol. The number of aliphatic carboxylic acids is 1. The number of carbonyl (C=O) groups excluding carboxylic acids is 2. The zero-order valence-electron chi connectivity index (χ0n) is 15.5. The van der Waals surface area contributed by atoms with Gasteiger partial charge in [0.2, 0.25) is 0 Å². The molecule has 0 aliphatic carbocycles. The van der Waals surface area contributed by atoms with Gasteiger partial charge in [-0.3, -0.25) is 0 Å². The zero-order chi connectivity index (χ0) is 19.0. The molecule has 0 aromatic carbocycles. The Kier molecular flexibility index (Phi) is 11.2. The van der Waals surface area contributed by atoms with Crippen LogP contribution in [0.5, 0.6) is 0 Å². The highest BCUT2D eigenvalue weighted by Gasteiger charge is 2.20. The van der Waals surface area contributed by atoms with Gasteiger partial charge in [0.15, 0.2) is 0 Å². The van der Waals surface area contributed by atoms with E-state index in [1.807, 2.05) is 0 Å².